The van der Waals surface area contributed by atoms with Crippen LogP contribution in [0, 0.1) is 18.3 Å². The van der Waals surface area contributed by atoms with Crippen LogP contribution in [0.15, 0.2) is 35.1 Å². The number of carbonyl (C=O) groups excluding carboxylic acids is 2. The summed E-state index contributed by atoms with van der Waals surface area (Å²) in [4.78, 5) is 40.9. The molecule has 1 aromatic carbocycles. The van der Waals surface area contributed by atoms with Gasteiger partial charge >= 0.3 is 26.1 Å². The minimum absolute atomic E-state index is 0. The van der Waals surface area contributed by atoms with Gasteiger partial charge < -0.3 is 14.0 Å². The number of hydrogen-bond donors (Lipinski definition) is 0. The van der Waals surface area contributed by atoms with Gasteiger partial charge in [-0.3, -0.25) is 9.59 Å². The number of nitrogens with zero attached hydrogens (tertiary/aromatic N) is 3. The molecule has 0 spiro atoms. The molecule has 1 aliphatic heterocycles. The van der Waals surface area contributed by atoms with Crippen LogP contribution in [0.3, 0.4) is 0 Å². The van der Waals surface area contributed by atoms with E-state index >= 15 is 0 Å². The first-order valence-corrected chi connectivity index (χ1v) is 11.0. The molecule has 1 amide bonds. The Morgan fingerprint density at radius 1 is 1.13 bits per heavy atom. The Hall–Kier alpha value is -2.10. The van der Waals surface area contributed by atoms with Crippen molar-refractivity contribution in [3.8, 4) is 0 Å². The second-order valence-corrected chi connectivity index (χ2v) is 8.52. The first kappa shape index (κ1) is 23.6. The van der Waals surface area contributed by atoms with Gasteiger partial charge in [0.2, 0.25) is 11.8 Å². The average Bonchev–Trinajstić information content (AvgIpc) is 3.33. The molecule has 3 atom stereocenters. The summed E-state index contributed by atoms with van der Waals surface area (Å²) in [6.45, 7) is 7.54. The van der Waals surface area contributed by atoms with Crippen molar-refractivity contribution in [1.29, 1.82) is 0 Å². The summed E-state index contributed by atoms with van der Waals surface area (Å²) in [6, 6.07) is 10.2. The SMILES string of the molecule is CCn1c2c(n(C(C)=O)c1=O)C[C@H](C(=O)N1CCCC1)[C@H](C)[C@H](c1ccccc1)[CH-]2.[PdH+]. The third-order valence-electron chi connectivity index (χ3n) is 6.78. The van der Waals surface area contributed by atoms with Crippen LogP contribution in [-0.2, 0) is 38.2 Å². The van der Waals surface area contributed by atoms with Gasteiger partial charge in [0.1, 0.15) is 0 Å². The van der Waals surface area contributed by atoms with Gasteiger partial charge in [0.25, 0.3) is 0 Å². The molecule has 1 aromatic heterocycles. The van der Waals surface area contributed by atoms with E-state index in [1.165, 1.54) is 11.5 Å². The van der Waals surface area contributed by atoms with E-state index in [1.807, 2.05) is 30.0 Å². The second-order valence-electron chi connectivity index (χ2n) is 8.52. The summed E-state index contributed by atoms with van der Waals surface area (Å²) < 4.78 is 2.95. The van der Waals surface area contributed by atoms with Crippen molar-refractivity contribution < 1.29 is 30.0 Å². The predicted octanol–water partition coefficient (Wildman–Crippen LogP) is 2.83. The van der Waals surface area contributed by atoms with Gasteiger partial charge in [-0.15, -0.1) is 0 Å². The molecule has 0 bridgehead atoms. The van der Waals surface area contributed by atoms with Crippen LogP contribution in [0.1, 0.15) is 61.3 Å². The monoisotopic (exact) mass is 515 g/mol. The Labute approximate surface area is 197 Å². The summed E-state index contributed by atoms with van der Waals surface area (Å²) in [5.74, 6) is -0.384. The Bertz CT molecular complexity index is 1010. The molecular formula is C24H31N3O3Pd. The van der Waals surface area contributed by atoms with E-state index in [4.69, 9.17) is 0 Å². The number of hydrogen-bond acceptors (Lipinski definition) is 3. The molecule has 170 valence electrons. The summed E-state index contributed by atoms with van der Waals surface area (Å²) in [7, 11) is 0. The first-order valence-electron chi connectivity index (χ1n) is 11.0. The van der Waals surface area contributed by atoms with Crippen molar-refractivity contribution in [2.45, 2.75) is 52.5 Å². The summed E-state index contributed by atoms with van der Waals surface area (Å²) in [6.07, 6.45) is 4.60. The van der Waals surface area contributed by atoms with E-state index in [2.05, 4.69) is 25.5 Å². The molecular weight excluding hydrogens is 485 g/mol. The van der Waals surface area contributed by atoms with E-state index in [-0.39, 0.29) is 55.7 Å². The van der Waals surface area contributed by atoms with E-state index in [0.29, 0.717) is 18.7 Å². The molecule has 1 radical (unpaired) electrons. The number of amides is 1. The van der Waals surface area contributed by atoms with Gasteiger partial charge in [-0.1, -0.05) is 66.5 Å². The molecule has 6 nitrogen and oxygen atoms in total. The molecule has 7 heteroatoms. The second kappa shape index (κ2) is 9.58. The number of imidazole rings is 1. The molecule has 31 heavy (non-hydrogen) atoms. The Kier molecular flexibility index (Phi) is 7.28. The van der Waals surface area contributed by atoms with Gasteiger partial charge in [-0.05, 0) is 25.7 Å². The van der Waals surface area contributed by atoms with Gasteiger partial charge in [0.15, 0.2) is 0 Å². The van der Waals surface area contributed by atoms with E-state index in [9.17, 15) is 14.4 Å². The van der Waals surface area contributed by atoms with Gasteiger partial charge in [0.05, 0.1) is 0 Å². The van der Waals surface area contributed by atoms with Gasteiger partial charge in [-0.25, -0.2) is 4.79 Å². The van der Waals surface area contributed by atoms with Gasteiger partial charge in [0, 0.05) is 32.5 Å². The average molecular weight is 516 g/mol. The van der Waals surface area contributed by atoms with Crippen LogP contribution in [0.2, 0.25) is 0 Å². The molecule has 2 aliphatic rings. The predicted molar refractivity (Wildman–Crippen MR) is 117 cm³/mol. The van der Waals surface area contributed by atoms with Crippen LogP contribution in [0.25, 0.3) is 0 Å². The zero-order valence-electron chi connectivity index (χ0n) is 18.3. The number of benzene rings is 1. The number of rotatable bonds is 3. The van der Waals surface area contributed by atoms with E-state index < -0.39 is 0 Å². The third kappa shape index (κ3) is 4.18. The normalized spacial score (nSPS) is 22.8. The van der Waals surface area contributed by atoms with Gasteiger partial charge in [-0.2, -0.15) is 6.42 Å². The molecule has 1 aliphatic carbocycles. The van der Waals surface area contributed by atoms with Crippen LogP contribution < -0.4 is 5.69 Å². The zero-order chi connectivity index (χ0) is 21.4. The maximum absolute atomic E-state index is 13.5. The number of aromatic nitrogens is 2. The number of fused-ring (bicyclic) bond motifs is 1. The van der Waals surface area contributed by atoms with Crippen molar-refractivity contribution in [2.24, 2.45) is 11.8 Å². The van der Waals surface area contributed by atoms with Crippen molar-refractivity contribution in [3.05, 3.63) is 64.2 Å². The fourth-order valence-electron chi connectivity index (χ4n) is 5.15. The third-order valence-corrected chi connectivity index (χ3v) is 6.78. The fourth-order valence-corrected chi connectivity index (χ4v) is 5.15. The van der Waals surface area contributed by atoms with Crippen LogP contribution in [0.4, 0.5) is 0 Å². The van der Waals surface area contributed by atoms with Crippen molar-refractivity contribution >= 4 is 11.8 Å². The van der Waals surface area contributed by atoms with E-state index in [1.54, 1.807) is 4.57 Å². The molecule has 0 unspecified atom stereocenters. The minimum atomic E-state index is -0.306. The Morgan fingerprint density at radius 2 is 1.77 bits per heavy atom. The van der Waals surface area contributed by atoms with Crippen LogP contribution >= 0.6 is 0 Å². The van der Waals surface area contributed by atoms with Crippen LogP contribution in [-0.4, -0.2) is 38.9 Å². The quantitative estimate of drug-likeness (QED) is 0.359. The van der Waals surface area contributed by atoms with E-state index in [0.717, 1.165) is 37.2 Å². The summed E-state index contributed by atoms with van der Waals surface area (Å²) in [5, 5.41) is 0. The molecule has 1 fully saturated rings. The fraction of sp³-hybridized carbons (Fsp3) is 0.500. The first-order chi connectivity index (χ1) is 14.4. The molecule has 0 N–H and O–H groups in total. The topological polar surface area (TPSA) is 64.3 Å². The van der Waals surface area contributed by atoms with Crippen molar-refractivity contribution in [1.82, 2.24) is 14.0 Å². The number of carbonyl (C=O) groups is 2. The molecule has 4 rings (SSSR count). The Balaban J connectivity index is 0.00000272. The molecule has 2 aromatic rings. The summed E-state index contributed by atoms with van der Waals surface area (Å²) in [5.41, 5.74) is 2.29. The van der Waals surface area contributed by atoms with Crippen molar-refractivity contribution in [2.75, 3.05) is 13.1 Å². The molecule has 1 saturated heterocycles. The zero-order valence-corrected chi connectivity index (χ0v) is 20.0. The summed E-state index contributed by atoms with van der Waals surface area (Å²) >= 11 is 0. The maximum atomic E-state index is 13.5. The number of likely N-dealkylation sites (tertiary alicyclic amines) is 1. The standard InChI is InChI=1S/C24H30N3O3.Pd.H/c1-4-26-21-14-19(18-10-6-5-7-11-18)16(2)20(23(29)25-12-8-9-13-25)15-22(21)27(17(3)28)24(26)30;;/h5-7,10-11,14,16,19-20H,4,8-9,12-13,15H2,1-3H3;;/q-1;+1;/t16-,19-,20+;;/m1../s1. The Morgan fingerprint density at radius 3 is 2.35 bits per heavy atom. The molecule has 0 saturated carbocycles. The van der Waals surface area contributed by atoms with Crippen LogP contribution in [0.5, 0.6) is 0 Å². The molecule has 2 heterocycles. The van der Waals surface area contributed by atoms with Crippen molar-refractivity contribution in [3.63, 3.8) is 0 Å².